The molecule has 7 atom stereocenters. The van der Waals surface area contributed by atoms with Crippen LogP contribution in [0.3, 0.4) is 0 Å². The van der Waals surface area contributed by atoms with E-state index in [1.807, 2.05) is 0 Å². The molecular formula is C74H144O17P2. The molecule has 0 saturated heterocycles. The van der Waals surface area contributed by atoms with E-state index < -0.39 is 97.5 Å². The smallest absolute Gasteiger partial charge is 0.462 e. The Morgan fingerprint density at radius 1 is 0.312 bits per heavy atom. The molecule has 0 aromatic rings. The first-order valence-corrected chi connectivity index (χ1v) is 41.4. The van der Waals surface area contributed by atoms with Gasteiger partial charge in [-0.1, -0.05) is 325 Å². The minimum Gasteiger partial charge on any atom is -0.462 e. The number of hydrogen-bond donors (Lipinski definition) is 3. The van der Waals surface area contributed by atoms with Crippen LogP contribution >= 0.6 is 15.6 Å². The highest BCUT2D eigenvalue weighted by Gasteiger charge is 2.30. The molecule has 17 nitrogen and oxygen atoms in total. The Labute approximate surface area is 568 Å². The van der Waals surface area contributed by atoms with E-state index in [1.165, 1.54) is 186 Å². The number of carbonyl (C=O) groups is 4. The van der Waals surface area contributed by atoms with Gasteiger partial charge in [-0.15, -0.1) is 0 Å². The summed E-state index contributed by atoms with van der Waals surface area (Å²) in [6, 6.07) is 0. The van der Waals surface area contributed by atoms with Crippen LogP contribution in [-0.4, -0.2) is 96.7 Å². The maximum atomic E-state index is 13.1. The van der Waals surface area contributed by atoms with Gasteiger partial charge in [-0.05, 0) is 43.4 Å². The Hall–Kier alpha value is -1.94. The Balaban J connectivity index is 5.28. The van der Waals surface area contributed by atoms with Crippen LogP contribution in [-0.2, 0) is 65.4 Å². The molecule has 0 amide bonds. The fraction of sp³-hybridized carbons (Fsp3) is 0.946. The molecular weight excluding hydrogens is 1220 g/mol. The third kappa shape index (κ3) is 65.8. The monoisotopic (exact) mass is 1370 g/mol. The van der Waals surface area contributed by atoms with Crippen LogP contribution in [0.15, 0.2) is 0 Å². The van der Waals surface area contributed by atoms with Crippen molar-refractivity contribution in [2.24, 2.45) is 17.8 Å². The maximum absolute atomic E-state index is 13.1. The number of phosphoric acid groups is 2. The molecule has 0 fully saturated rings. The van der Waals surface area contributed by atoms with Crippen molar-refractivity contribution >= 4 is 39.5 Å². The first-order chi connectivity index (χ1) is 44.8. The van der Waals surface area contributed by atoms with Crippen molar-refractivity contribution in [2.45, 2.75) is 394 Å². The van der Waals surface area contributed by atoms with Crippen molar-refractivity contribution < 1.29 is 80.2 Å². The Morgan fingerprint density at radius 3 is 0.817 bits per heavy atom. The Bertz CT molecular complexity index is 1820. The van der Waals surface area contributed by atoms with E-state index in [0.717, 1.165) is 108 Å². The highest BCUT2D eigenvalue weighted by Crippen LogP contribution is 2.45. The number of rotatable bonds is 72. The summed E-state index contributed by atoms with van der Waals surface area (Å²) in [4.78, 5) is 72.8. The number of carbonyl (C=O) groups excluding carboxylic acids is 4. The molecule has 0 aromatic heterocycles. The molecule has 3 N–H and O–H groups in total. The molecule has 0 aliphatic heterocycles. The number of esters is 4. The van der Waals surface area contributed by atoms with Crippen LogP contribution in [0, 0.1) is 17.8 Å². The molecule has 0 radical (unpaired) electrons. The average Bonchev–Trinajstić information content (AvgIpc) is 2.17. The summed E-state index contributed by atoms with van der Waals surface area (Å²) in [6.07, 6.45) is 49.7. The van der Waals surface area contributed by atoms with Gasteiger partial charge < -0.3 is 33.8 Å². The molecule has 0 aromatic carbocycles. The lowest BCUT2D eigenvalue weighted by atomic mass is 9.99. The van der Waals surface area contributed by atoms with Crippen molar-refractivity contribution in [1.82, 2.24) is 0 Å². The molecule has 0 rings (SSSR count). The number of phosphoric ester groups is 2. The quantitative estimate of drug-likeness (QED) is 0.0222. The SMILES string of the molecule is CCCCCCCCCCCCCCCCCC(=O)O[C@H](COC(=O)CCCCCCCCCCCCCC(C)C)COP(=O)(O)OC[C@@H](O)COP(=O)(O)OC[C@@H](COC(=O)CCCCCCCCCCC(C)CC)OC(=O)CCCCCCCCCCC(C)CC. The van der Waals surface area contributed by atoms with Crippen molar-refractivity contribution in [1.29, 1.82) is 0 Å². The molecule has 19 heteroatoms. The second-order valence-corrected chi connectivity index (χ2v) is 30.6. The first kappa shape index (κ1) is 91.1. The normalized spacial score (nSPS) is 14.7. The van der Waals surface area contributed by atoms with Crippen LogP contribution in [0.25, 0.3) is 0 Å². The van der Waals surface area contributed by atoms with Gasteiger partial charge in [0.1, 0.15) is 19.3 Å². The Kier molecular flexibility index (Phi) is 63.4. The second kappa shape index (κ2) is 64.7. The topological polar surface area (TPSA) is 237 Å². The van der Waals surface area contributed by atoms with Gasteiger partial charge in [0.15, 0.2) is 12.2 Å². The first-order valence-electron chi connectivity index (χ1n) is 38.4. The van der Waals surface area contributed by atoms with Crippen LogP contribution in [0.2, 0.25) is 0 Å². The molecule has 93 heavy (non-hydrogen) atoms. The molecule has 0 heterocycles. The van der Waals surface area contributed by atoms with Crippen molar-refractivity contribution in [2.75, 3.05) is 39.6 Å². The van der Waals surface area contributed by atoms with Gasteiger partial charge in [-0.3, -0.25) is 37.3 Å². The summed E-state index contributed by atoms with van der Waals surface area (Å²) in [5, 5.41) is 10.6. The van der Waals surface area contributed by atoms with Gasteiger partial charge in [-0.25, -0.2) is 9.13 Å². The number of unbranched alkanes of at least 4 members (excludes halogenated alkanes) is 38. The van der Waals surface area contributed by atoms with E-state index in [4.69, 9.17) is 37.0 Å². The van der Waals surface area contributed by atoms with Gasteiger partial charge in [-0.2, -0.15) is 0 Å². The zero-order valence-electron chi connectivity index (χ0n) is 60.7. The Morgan fingerprint density at radius 2 is 0.548 bits per heavy atom. The standard InChI is InChI=1S/C74H144O17P2/c1-8-11-12-13-14-15-16-17-18-19-22-26-36-43-50-57-73(78)90-69(61-84-71(76)55-48-41-34-25-23-20-21-24-31-38-45-52-65(4)5)63-88-92(80,81)86-59-68(75)60-87-93(82,83)89-64-70(91-74(79)58-51-44-37-30-28-33-40-47-54-67(7)10-3)62-85-72(77)56-49-42-35-29-27-32-39-46-53-66(6)9-2/h65-70,75H,8-64H2,1-7H3,(H,80,81)(H,82,83)/t66?,67?,68-,69-,70-/m1/s1. The van der Waals surface area contributed by atoms with Gasteiger partial charge in [0.2, 0.25) is 0 Å². The van der Waals surface area contributed by atoms with E-state index in [2.05, 4.69) is 48.5 Å². The molecule has 0 aliphatic carbocycles. The van der Waals surface area contributed by atoms with Crippen LogP contribution in [0.5, 0.6) is 0 Å². The van der Waals surface area contributed by atoms with E-state index in [0.29, 0.717) is 25.7 Å². The van der Waals surface area contributed by atoms with Crippen molar-refractivity contribution in [3.8, 4) is 0 Å². The molecule has 0 bridgehead atoms. The zero-order chi connectivity index (χ0) is 68.7. The number of aliphatic hydroxyl groups is 1. The fourth-order valence-corrected chi connectivity index (χ4v) is 12.8. The zero-order valence-corrected chi connectivity index (χ0v) is 62.5. The lowest BCUT2D eigenvalue weighted by molar-refractivity contribution is -0.161. The molecule has 0 saturated carbocycles. The lowest BCUT2D eigenvalue weighted by Gasteiger charge is -2.21. The second-order valence-electron chi connectivity index (χ2n) is 27.6. The summed E-state index contributed by atoms with van der Waals surface area (Å²) >= 11 is 0. The van der Waals surface area contributed by atoms with Crippen LogP contribution in [0.4, 0.5) is 0 Å². The van der Waals surface area contributed by atoms with E-state index >= 15 is 0 Å². The largest absolute Gasteiger partial charge is 0.472 e. The lowest BCUT2D eigenvalue weighted by Crippen LogP contribution is -2.30. The predicted octanol–water partition coefficient (Wildman–Crippen LogP) is 21.4. The molecule has 4 unspecified atom stereocenters. The maximum Gasteiger partial charge on any atom is 0.472 e. The summed E-state index contributed by atoms with van der Waals surface area (Å²) in [5.41, 5.74) is 0. The number of hydrogen-bond acceptors (Lipinski definition) is 15. The summed E-state index contributed by atoms with van der Waals surface area (Å²) in [7, 11) is -9.91. The van der Waals surface area contributed by atoms with E-state index in [1.54, 1.807) is 0 Å². The van der Waals surface area contributed by atoms with Crippen LogP contribution < -0.4 is 0 Å². The predicted molar refractivity (Wildman–Crippen MR) is 377 cm³/mol. The molecule has 0 aliphatic rings. The highest BCUT2D eigenvalue weighted by molar-refractivity contribution is 7.47. The summed E-state index contributed by atoms with van der Waals surface area (Å²) in [5.74, 6) is 0.198. The van der Waals surface area contributed by atoms with Crippen molar-refractivity contribution in [3.63, 3.8) is 0 Å². The minimum absolute atomic E-state index is 0.104. The minimum atomic E-state index is -4.96. The fourth-order valence-electron chi connectivity index (χ4n) is 11.2. The van der Waals surface area contributed by atoms with Gasteiger partial charge in [0, 0.05) is 25.7 Å². The highest BCUT2D eigenvalue weighted by atomic mass is 31.2. The van der Waals surface area contributed by atoms with Crippen molar-refractivity contribution in [3.05, 3.63) is 0 Å². The average molecular weight is 1370 g/mol. The van der Waals surface area contributed by atoms with Gasteiger partial charge >= 0.3 is 39.5 Å². The van der Waals surface area contributed by atoms with Gasteiger partial charge in [0.25, 0.3) is 0 Å². The number of ether oxygens (including phenoxy) is 4. The molecule has 552 valence electrons. The van der Waals surface area contributed by atoms with E-state index in [-0.39, 0.29) is 25.7 Å². The summed E-state index contributed by atoms with van der Waals surface area (Å²) in [6.45, 7) is 11.9. The summed E-state index contributed by atoms with van der Waals surface area (Å²) < 4.78 is 68.5. The third-order valence-electron chi connectivity index (χ3n) is 17.9. The van der Waals surface area contributed by atoms with E-state index in [9.17, 15) is 43.2 Å². The van der Waals surface area contributed by atoms with Crippen LogP contribution in [0.1, 0.15) is 376 Å². The number of aliphatic hydroxyl groups excluding tert-OH is 1. The third-order valence-corrected chi connectivity index (χ3v) is 19.8. The van der Waals surface area contributed by atoms with Gasteiger partial charge in [0.05, 0.1) is 26.4 Å². The molecule has 0 spiro atoms.